The van der Waals surface area contributed by atoms with Gasteiger partial charge in [-0.05, 0) is 5.92 Å². The zero-order valence-corrected chi connectivity index (χ0v) is 13.5. The van der Waals surface area contributed by atoms with E-state index in [1.54, 1.807) is 0 Å². The van der Waals surface area contributed by atoms with Crippen molar-refractivity contribution >= 4 is 0 Å². The summed E-state index contributed by atoms with van der Waals surface area (Å²) in [7, 11) is 2.00. The Hall–Kier alpha value is 0.790. The summed E-state index contributed by atoms with van der Waals surface area (Å²) < 4.78 is 0. The average molecular weight is 369 g/mol. The van der Waals surface area contributed by atoms with E-state index in [1.807, 2.05) is 0 Å². The van der Waals surface area contributed by atoms with E-state index in [9.17, 15) is 0 Å². The van der Waals surface area contributed by atoms with Crippen molar-refractivity contribution in [3.63, 3.8) is 0 Å². The van der Waals surface area contributed by atoms with Crippen LogP contribution >= 0.6 is 0 Å². The van der Waals surface area contributed by atoms with Crippen LogP contribution in [0.1, 0.15) is 38.5 Å². The van der Waals surface area contributed by atoms with Crippen molar-refractivity contribution in [1.82, 2.24) is 0 Å². The van der Waals surface area contributed by atoms with E-state index in [1.165, 1.54) is 32.1 Å². The number of rotatable bonds is 2. The van der Waals surface area contributed by atoms with Crippen LogP contribution in [0.15, 0.2) is 0 Å². The molecule has 0 heterocycles. The molecule has 0 aromatic carbocycles. The summed E-state index contributed by atoms with van der Waals surface area (Å²) in [5.41, 5.74) is 0. The molecule has 1 saturated carbocycles. The zero-order valence-electron chi connectivity index (χ0n) is 9.92. The van der Waals surface area contributed by atoms with Crippen LogP contribution in [0.2, 0.25) is 0 Å². The summed E-state index contributed by atoms with van der Waals surface area (Å²) in [4.78, 5) is 0. The molecule has 0 saturated heterocycles. The van der Waals surface area contributed by atoms with Gasteiger partial charge in [0.25, 0.3) is 0 Å². The van der Waals surface area contributed by atoms with Crippen LogP contribution in [-0.2, 0) is 25.8 Å². The van der Waals surface area contributed by atoms with Crippen molar-refractivity contribution in [2.75, 3.05) is 14.2 Å². The molecule has 0 atom stereocenters. The zero-order chi connectivity index (χ0) is 9.82. The molecule has 1 rings (SSSR count). The molecule has 0 bridgehead atoms. The van der Waals surface area contributed by atoms with Crippen LogP contribution in [0.25, 0.3) is 0 Å². The number of hydrogen-bond donors (Lipinski definition) is 2. The Morgan fingerprint density at radius 3 is 1.71 bits per heavy atom. The molecule has 1 aliphatic rings. The molecule has 1 aliphatic carbocycles. The Morgan fingerprint density at radius 1 is 1.07 bits per heavy atom. The molecule has 0 spiro atoms. The molecule has 0 amide bonds. The van der Waals surface area contributed by atoms with Gasteiger partial charge in [0.2, 0.25) is 0 Å². The molecule has 0 radical (unpaired) electrons. The molecular weight excluding hydrogens is 343 g/mol. The van der Waals surface area contributed by atoms with Crippen LogP contribution < -0.4 is 0 Å². The Balaban J connectivity index is -0.0000000750. The topological polar surface area (TPSA) is 40.5 Å². The quantitative estimate of drug-likeness (QED) is 0.580. The second kappa shape index (κ2) is 23.5. The molecule has 1 fully saturated rings. The smallest absolute Gasteiger partial charge is 0.0319 e. The fourth-order valence-electron chi connectivity index (χ4n) is 1.59. The minimum atomic E-state index is 0. The van der Waals surface area contributed by atoms with Crippen LogP contribution in [0.5, 0.6) is 0 Å². The van der Waals surface area contributed by atoms with E-state index in [2.05, 4.69) is 6.92 Å². The van der Waals surface area contributed by atoms with Gasteiger partial charge < -0.3 is 24.6 Å². The fourth-order valence-corrected chi connectivity index (χ4v) is 1.59. The number of aliphatic hydroxyl groups excluding tert-OH is 2. The monoisotopic (exact) mass is 370 g/mol. The maximum absolute atomic E-state index is 7.00. The largest absolute Gasteiger partial charge is 0.400 e. The second-order valence-corrected chi connectivity index (χ2v) is 2.79. The van der Waals surface area contributed by atoms with Crippen LogP contribution in [0.3, 0.4) is 0 Å². The van der Waals surface area contributed by atoms with Gasteiger partial charge >= 0.3 is 0 Å². The third kappa shape index (κ3) is 15.3. The first-order valence-electron chi connectivity index (χ1n) is 4.62. The summed E-state index contributed by atoms with van der Waals surface area (Å²) in [6, 6.07) is 0. The van der Waals surface area contributed by atoms with Gasteiger partial charge in [-0.1, -0.05) is 32.1 Å². The SMILES string of the molecule is CO.CO.[CH2-]CCC1CCCC1.[CH3-].[Hf]. The van der Waals surface area contributed by atoms with Gasteiger partial charge in [-0.2, -0.15) is 6.42 Å². The first-order chi connectivity index (χ1) is 5.93. The molecule has 0 aromatic heterocycles. The Bertz CT molecular complexity index is 64.3. The van der Waals surface area contributed by atoms with Crippen molar-refractivity contribution in [1.29, 1.82) is 0 Å². The van der Waals surface area contributed by atoms with E-state index >= 15 is 0 Å². The molecule has 2 N–H and O–H groups in total. The summed E-state index contributed by atoms with van der Waals surface area (Å²) in [5.74, 6) is 1.05. The second-order valence-electron chi connectivity index (χ2n) is 2.79. The molecule has 0 aromatic rings. The van der Waals surface area contributed by atoms with Crippen molar-refractivity contribution in [2.24, 2.45) is 5.92 Å². The van der Waals surface area contributed by atoms with E-state index < -0.39 is 0 Å². The van der Waals surface area contributed by atoms with Gasteiger partial charge in [0, 0.05) is 40.1 Å². The van der Waals surface area contributed by atoms with Crippen LogP contribution in [0, 0.1) is 20.3 Å². The minimum Gasteiger partial charge on any atom is -0.400 e. The third-order valence-electron chi connectivity index (χ3n) is 2.09. The maximum Gasteiger partial charge on any atom is 0.0319 e. The molecular formula is C11H26HfO2-2. The molecule has 14 heavy (non-hydrogen) atoms. The van der Waals surface area contributed by atoms with Gasteiger partial charge in [0.15, 0.2) is 0 Å². The van der Waals surface area contributed by atoms with E-state index in [4.69, 9.17) is 10.2 Å². The summed E-state index contributed by atoms with van der Waals surface area (Å²) in [6.07, 6.45) is 8.44. The van der Waals surface area contributed by atoms with Gasteiger partial charge in [-0.25, -0.2) is 0 Å². The molecule has 3 heteroatoms. The van der Waals surface area contributed by atoms with Gasteiger partial charge in [0.05, 0.1) is 0 Å². The summed E-state index contributed by atoms with van der Waals surface area (Å²) in [6.45, 7) is 3.85. The molecule has 0 unspecified atom stereocenters. The first-order valence-corrected chi connectivity index (χ1v) is 4.62. The molecule has 0 aliphatic heterocycles. The number of aliphatic hydroxyl groups is 2. The van der Waals surface area contributed by atoms with Crippen LogP contribution in [0.4, 0.5) is 0 Å². The van der Waals surface area contributed by atoms with Crippen molar-refractivity contribution in [2.45, 2.75) is 38.5 Å². The van der Waals surface area contributed by atoms with E-state index in [0.717, 1.165) is 26.6 Å². The predicted octanol–water partition coefficient (Wildman–Crippen LogP) is 2.46. The van der Waals surface area contributed by atoms with Crippen molar-refractivity contribution in [3.05, 3.63) is 14.4 Å². The summed E-state index contributed by atoms with van der Waals surface area (Å²) in [5, 5.41) is 14.0. The van der Waals surface area contributed by atoms with Gasteiger partial charge in [-0.3, -0.25) is 0 Å². The predicted molar refractivity (Wildman–Crippen MR) is 59.2 cm³/mol. The molecule has 88 valence electrons. The summed E-state index contributed by atoms with van der Waals surface area (Å²) >= 11 is 0. The van der Waals surface area contributed by atoms with Gasteiger partial charge in [-0.15, -0.1) is 0 Å². The standard InChI is InChI=1S/C8H15.2CH4O.CH3.Hf/c1-2-5-8-6-3-4-7-8;2*1-2;;/h8H,1-7H2;2*2H,1H3;1H3;/q-1;;;-1;. The Labute approximate surface area is 109 Å². The average Bonchev–Trinajstić information content (AvgIpc) is 2.65. The Morgan fingerprint density at radius 2 is 1.43 bits per heavy atom. The van der Waals surface area contributed by atoms with E-state index in [-0.39, 0.29) is 33.3 Å². The fraction of sp³-hybridized carbons (Fsp3) is 0.818. The van der Waals surface area contributed by atoms with Crippen molar-refractivity contribution in [3.8, 4) is 0 Å². The number of hydrogen-bond acceptors (Lipinski definition) is 2. The van der Waals surface area contributed by atoms with E-state index in [0.29, 0.717) is 0 Å². The normalized spacial score (nSPS) is 13.5. The minimum absolute atomic E-state index is 0. The first kappa shape index (κ1) is 24.2. The Kier molecular flexibility index (Phi) is 40.6. The molecule has 2 nitrogen and oxygen atoms in total. The van der Waals surface area contributed by atoms with Crippen LogP contribution in [-0.4, -0.2) is 24.4 Å². The third-order valence-corrected chi connectivity index (χ3v) is 2.09. The maximum atomic E-state index is 7.00. The van der Waals surface area contributed by atoms with Crippen molar-refractivity contribution < 1.29 is 36.1 Å². The van der Waals surface area contributed by atoms with Gasteiger partial charge in [0.1, 0.15) is 0 Å².